The Balaban J connectivity index is 3.32. The molecule has 1 amide bonds. The first-order valence-corrected chi connectivity index (χ1v) is 5.87. The lowest BCUT2D eigenvalue weighted by Gasteiger charge is -2.09. The lowest BCUT2D eigenvalue weighted by Crippen LogP contribution is -2.46. The molecule has 14 heavy (non-hydrogen) atoms. The Bertz CT molecular complexity index is 190. The Labute approximate surface area is 93.3 Å². The van der Waals surface area contributed by atoms with Gasteiger partial charge in [0.05, 0.1) is 7.11 Å². The minimum absolute atomic E-state index is 0.386. The summed E-state index contributed by atoms with van der Waals surface area (Å²) in [6, 6.07) is 0. The highest BCUT2D eigenvalue weighted by atomic mass is 32.2. The highest BCUT2D eigenvalue weighted by Crippen LogP contribution is 1.92. The first-order valence-electron chi connectivity index (χ1n) is 4.07. The molecule has 0 saturated carbocycles. The number of hydrazine groups is 1. The van der Waals surface area contributed by atoms with Gasteiger partial charge in [0.2, 0.25) is 0 Å². The summed E-state index contributed by atoms with van der Waals surface area (Å²) < 4.78 is 4.34. The summed E-state index contributed by atoms with van der Waals surface area (Å²) in [6.45, 7) is 0.787. The second kappa shape index (κ2) is 8.89. The van der Waals surface area contributed by atoms with Crippen molar-refractivity contribution in [3.05, 3.63) is 0 Å². The third kappa shape index (κ3) is 7.93. The molecule has 0 aliphatic rings. The number of thiocarbonyl (C=S) groups is 1. The second-order valence-corrected chi connectivity index (χ2v) is 3.74. The van der Waals surface area contributed by atoms with Gasteiger partial charge in [0.25, 0.3) is 0 Å². The average Bonchev–Trinajstić information content (AvgIpc) is 2.21. The lowest BCUT2D eigenvalue weighted by molar-refractivity contribution is 0.168. The fourth-order valence-corrected chi connectivity index (χ4v) is 1.21. The van der Waals surface area contributed by atoms with Crippen LogP contribution in [-0.4, -0.2) is 36.9 Å². The molecule has 0 aliphatic carbocycles. The smallest absolute Gasteiger partial charge is 0.425 e. The summed E-state index contributed by atoms with van der Waals surface area (Å²) in [5.74, 6) is 1.08. The molecule has 82 valence electrons. The van der Waals surface area contributed by atoms with E-state index in [1.807, 2.05) is 0 Å². The van der Waals surface area contributed by atoms with E-state index in [1.165, 1.54) is 7.11 Å². The van der Waals surface area contributed by atoms with Gasteiger partial charge in [-0.25, -0.2) is 10.2 Å². The summed E-state index contributed by atoms with van der Waals surface area (Å²) in [5.41, 5.74) is 4.75. The maximum absolute atomic E-state index is 10.6. The molecule has 0 aromatic rings. The lowest BCUT2D eigenvalue weighted by atomic mass is 10.5. The molecule has 0 fully saturated rings. The van der Waals surface area contributed by atoms with E-state index in [4.69, 9.17) is 12.2 Å². The minimum Gasteiger partial charge on any atom is -0.452 e. The van der Waals surface area contributed by atoms with Gasteiger partial charge in [-0.1, -0.05) is 0 Å². The van der Waals surface area contributed by atoms with Crippen molar-refractivity contribution in [3.8, 4) is 0 Å². The predicted molar refractivity (Wildman–Crippen MR) is 62.3 cm³/mol. The van der Waals surface area contributed by atoms with E-state index in [9.17, 15) is 4.79 Å². The van der Waals surface area contributed by atoms with Gasteiger partial charge in [-0.3, -0.25) is 5.43 Å². The highest BCUT2D eigenvalue weighted by molar-refractivity contribution is 7.98. The van der Waals surface area contributed by atoms with Crippen molar-refractivity contribution >= 4 is 35.2 Å². The van der Waals surface area contributed by atoms with E-state index in [0.717, 1.165) is 18.7 Å². The summed E-state index contributed by atoms with van der Waals surface area (Å²) >= 11 is 6.65. The number of amides is 1. The number of hydrogen-bond acceptors (Lipinski definition) is 4. The maximum Gasteiger partial charge on any atom is 0.425 e. The summed E-state index contributed by atoms with van der Waals surface area (Å²) in [5, 5.41) is 3.32. The molecule has 3 N–H and O–H groups in total. The number of rotatable bonds is 4. The largest absolute Gasteiger partial charge is 0.452 e. The Morgan fingerprint density at radius 1 is 1.50 bits per heavy atom. The van der Waals surface area contributed by atoms with Crippen molar-refractivity contribution in [2.24, 2.45) is 0 Å². The molecule has 0 heterocycles. The van der Waals surface area contributed by atoms with Crippen LogP contribution in [0.4, 0.5) is 4.79 Å². The van der Waals surface area contributed by atoms with Crippen LogP contribution in [-0.2, 0) is 4.74 Å². The van der Waals surface area contributed by atoms with Crippen LogP contribution in [0, 0.1) is 0 Å². The van der Waals surface area contributed by atoms with Gasteiger partial charge < -0.3 is 10.1 Å². The fourth-order valence-electron chi connectivity index (χ4n) is 0.621. The number of carbonyl (C=O) groups is 1. The molecule has 0 unspecified atom stereocenters. The number of hydrogen-bond donors (Lipinski definition) is 3. The molecule has 0 aromatic heterocycles. The molecular formula is C7H15N3O2S2. The number of ether oxygens (including phenoxy) is 1. The molecule has 7 heteroatoms. The monoisotopic (exact) mass is 237 g/mol. The van der Waals surface area contributed by atoms with Crippen LogP contribution in [0.3, 0.4) is 0 Å². The Kier molecular flexibility index (Phi) is 8.45. The van der Waals surface area contributed by atoms with Crippen LogP contribution in [0.1, 0.15) is 6.42 Å². The van der Waals surface area contributed by atoms with Gasteiger partial charge in [0.1, 0.15) is 0 Å². The molecule has 5 nitrogen and oxygen atoms in total. The molecule has 0 rings (SSSR count). The van der Waals surface area contributed by atoms with Gasteiger partial charge in [-0.15, -0.1) is 0 Å². The molecule has 0 aromatic carbocycles. The zero-order chi connectivity index (χ0) is 10.8. The Morgan fingerprint density at radius 3 is 2.79 bits per heavy atom. The second-order valence-electron chi connectivity index (χ2n) is 2.34. The average molecular weight is 237 g/mol. The van der Waals surface area contributed by atoms with Gasteiger partial charge in [-0.05, 0) is 30.6 Å². The number of thioether (sulfide) groups is 1. The normalized spacial score (nSPS) is 9.00. The summed E-state index contributed by atoms with van der Waals surface area (Å²) in [6.07, 6.45) is 2.51. The number of carbonyl (C=O) groups excluding carboxylic acids is 1. The summed E-state index contributed by atoms with van der Waals surface area (Å²) in [4.78, 5) is 10.6. The van der Waals surface area contributed by atoms with Crippen LogP contribution < -0.4 is 16.2 Å². The van der Waals surface area contributed by atoms with Gasteiger partial charge in [0.15, 0.2) is 5.11 Å². The zero-order valence-corrected chi connectivity index (χ0v) is 9.89. The SMILES string of the molecule is COC(=O)NNC(=S)NCCCSC. The third-order valence-corrected chi connectivity index (χ3v) is 2.22. The Morgan fingerprint density at radius 2 is 2.21 bits per heavy atom. The van der Waals surface area contributed by atoms with E-state index < -0.39 is 6.09 Å². The molecule has 0 saturated heterocycles. The van der Waals surface area contributed by atoms with E-state index in [-0.39, 0.29) is 0 Å². The summed E-state index contributed by atoms with van der Waals surface area (Å²) in [7, 11) is 1.28. The maximum atomic E-state index is 10.6. The quantitative estimate of drug-likeness (QED) is 0.375. The highest BCUT2D eigenvalue weighted by Gasteiger charge is 1.98. The zero-order valence-electron chi connectivity index (χ0n) is 8.25. The van der Waals surface area contributed by atoms with Crippen LogP contribution in [0.25, 0.3) is 0 Å². The third-order valence-electron chi connectivity index (χ3n) is 1.27. The minimum atomic E-state index is -0.571. The Hall–Kier alpha value is -0.690. The molecule has 0 bridgehead atoms. The van der Waals surface area contributed by atoms with E-state index in [1.54, 1.807) is 11.8 Å². The van der Waals surface area contributed by atoms with Crippen LogP contribution in [0.5, 0.6) is 0 Å². The van der Waals surface area contributed by atoms with Crippen LogP contribution >= 0.6 is 24.0 Å². The van der Waals surface area contributed by atoms with Gasteiger partial charge in [0, 0.05) is 6.54 Å². The molecule has 0 atom stereocenters. The molecule has 0 radical (unpaired) electrons. The van der Waals surface area contributed by atoms with Crippen molar-refractivity contribution in [2.45, 2.75) is 6.42 Å². The van der Waals surface area contributed by atoms with E-state index in [0.29, 0.717) is 5.11 Å². The topological polar surface area (TPSA) is 62.4 Å². The van der Waals surface area contributed by atoms with E-state index >= 15 is 0 Å². The number of methoxy groups -OCH3 is 1. The predicted octanol–water partition coefficient (Wildman–Crippen LogP) is 0.475. The molecular weight excluding hydrogens is 222 g/mol. The number of nitrogens with one attached hydrogen (secondary N) is 3. The molecule has 0 aliphatic heterocycles. The van der Waals surface area contributed by atoms with Crippen LogP contribution in [0.2, 0.25) is 0 Å². The van der Waals surface area contributed by atoms with Gasteiger partial charge in [-0.2, -0.15) is 11.8 Å². The molecule has 0 spiro atoms. The van der Waals surface area contributed by atoms with Crippen molar-refractivity contribution in [2.75, 3.05) is 25.7 Å². The van der Waals surface area contributed by atoms with Crippen LogP contribution in [0.15, 0.2) is 0 Å². The fraction of sp³-hybridized carbons (Fsp3) is 0.714. The van der Waals surface area contributed by atoms with Crippen molar-refractivity contribution < 1.29 is 9.53 Å². The van der Waals surface area contributed by atoms with Crippen molar-refractivity contribution in [1.82, 2.24) is 16.2 Å². The van der Waals surface area contributed by atoms with Crippen molar-refractivity contribution in [1.29, 1.82) is 0 Å². The van der Waals surface area contributed by atoms with Gasteiger partial charge >= 0.3 is 6.09 Å². The van der Waals surface area contributed by atoms with Crippen molar-refractivity contribution in [3.63, 3.8) is 0 Å². The van der Waals surface area contributed by atoms with E-state index in [2.05, 4.69) is 27.2 Å². The standard InChI is InChI=1S/C7H15N3O2S2/c1-12-7(11)10-9-6(13)8-4-3-5-14-2/h3-5H2,1-2H3,(H,10,11)(H2,8,9,13). The first-order chi connectivity index (χ1) is 6.70. The first kappa shape index (κ1) is 13.3.